The lowest BCUT2D eigenvalue weighted by Gasteiger charge is -2.28. The highest BCUT2D eigenvalue weighted by molar-refractivity contribution is 4.80. The van der Waals surface area contributed by atoms with E-state index in [9.17, 15) is 0 Å². The maximum Gasteiger partial charge on any atom is 0.0218 e. The Hall–Kier alpha value is -0.0800. The lowest BCUT2D eigenvalue weighted by atomic mass is 9.95. The topological polar surface area (TPSA) is 38.0 Å². The Balaban J connectivity index is 2.35. The minimum atomic E-state index is 0.531. The zero-order chi connectivity index (χ0) is 11.8. The molecule has 1 fully saturated rings. The van der Waals surface area contributed by atoms with Crippen molar-refractivity contribution >= 4 is 0 Å². The molecule has 1 aliphatic rings. The summed E-state index contributed by atoms with van der Waals surface area (Å²) in [5.74, 6) is 0.721. The third-order valence-corrected chi connectivity index (χ3v) is 3.99. The Bertz CT molecular complexity index is 162. The lowest BCUT2D eigenvalue weighted by Crippen LogP contribution is -2.46. The van der Waals surface area contributed by atoms with Gasteiger partial charge in [-0.3, -0.25) is 0 Å². The molecule has 0 heterocycles. The maximum absolute atomic E-state index is 5.90. The van der Waals surface area contributed by atoms with Crippen LogP contribution < -0.4 is 11.1 Å². The van der Waals surface area contributed by atoms with Crippen molar-refractivity contribution in [1.29, 1.82) is 0 Å². The van der Waals surface area contributed by atoms with E-state index in [0.717, 1.165) is 18.5 Å². The van der Waals surface area contributed by atoms with E-state index in [1.54, 1.807) is 0 Å². The van der Waals surface area contributed by atoms with Crippen molar-refractivity contribution in [2.24, 2.45) is 11.7 Å². The van der Waals surface area contributed by atoms with Gasteiger partial charge >= 0.3 is 0 Å². The molecule has 0 aromatic carbocycles. The van der Waals surface area contributed by atoms with E-state index >= 15 is 0 Å². The highest BCUT2D eigenvalue weighted by atomic mass is 15.0. The number of nitrogens with one attached hydrogen (secondary N) is 1. The third-order valence-electron chi connectivity index (χ3n) is 3.99. The van der Waals surface area contributed by atoms with E-state index in [1.807, 2.05) is 0 Å². The van der Waals surface area contributed by atoms with E-state index < -0.39 is 0 Å². The zero-order valence-corrected chi connectivity index (χ0v) is 11.2. The second-order valence-corrected chi connectivity index (χ2v) is 5.46. The van der Waals surface area contributed by atoms with E-state index in [2.05, 4.69) is 19.2 Å². The van der Waals surface area contributed by atoms with Gasteiger partial charge < -0.3 is 11.1 Å². The van der Waals surface area contributed by atoms with E-state index in [-0.39, 0.29) is 0 Å². The van der Waals surface area contributed by atoms with Gasteiger partial charge in [-0.15, -0.1) is 0 Å². The van der Waals surface area contributed by atoms with Gasteiger partial charge in [0.1, 0.15) is 0 Å². The summed E-state index contributed by atoms with van der Waals surface area (Å²) in [6.45, 7) is 5.39. The first-order chi connectivity index (χ1) is 7.77. The first kappa shape index (κ1) is 14.0. The van der Waals surface area contributed by atoms with Crippen LogP contribution in [-0.4, -0.2) is 18.6 Å². The van der Waals surface area contributed by atoms with E-state index in [0.29, 0.717) is 6.04 Å². The lowest BCUT2D eigenvalue weighted by molar-refractivity contribution is 0.309. The summed E-state index contributed by atoms with van der Waals surface area (Å²) >= 11 is 0. The molecule has 2 atom stereocenters. The Morgan fingerprint density at radius 2 is 1.81 bits per heavy atom. The molecule has 0 amide bonds. The zero-order valence-electron chi connectivity index (χ0n) is 11.2. The van der Waals surface area contributed by atoms with Crippen molar-refractivity contribution in [2.75, 3.05) is 6.54 Å². The first-order valence-corrected chi connectivity index (χ1v) is 7.24. The monoisotopic (exact) mass is 226 g/mol. The molecule has 16 heavy (non-hydrogen) atoms. The molecule has 1 aliphatic carbocycles. The number of hydrogen-bond acceptors (Lipinski definition) is 2. The molecule has 2 unspecified atom stereocenters. The molecule has 2 nitrogen and oxygen atoms in total. The number of rotatable bonds is 6. The Morgan fingerprint density at radius 3 is 2.31 bits per heavy atom. The molecular formula is C14H30N2. The maximum atomic E-state index is 5.90. The van der Waals surface area contributed by atoms with Crippen LogP contribution in [0.3, 0.4) is 0 Å². The van der Waals surface area contributed by atoms with Crippen LogP contribution in [0.25, 0.3) is 0 Å². The molecule has 0 aromatic heterocycles. The quantitative estimate of drug-likeness (QED) is 0.683. The van der Waals surface area contributed by atoms with Crippen molar-refractivity contribution in [3.63, 3.8) is 0 Å². The molecular weight excluding hydrogens is 196 g/mol. The molecule has 0 bridgehead atoms. The summed E-state index contributed by atoms with van der Waals surface area (Å²) in [5, 5.41) is 3.81. The van der Waals surface area contributed by atoms with Crippen LogP contribution in [0.1, 0.15) is 65.2 Å². The van der Waals surface area contributed by atoms with Crippen LogP contribution in [0.2, 0.25) is 0 Å². The van der Waals surface area contributed by atoms with Gasteiger partial charge in [0.25, 0.3) is 0 Å². The SMILES string of the molecule is CCCC(C)C(CN)NC1CCCCCC1. The van der Waals surface area contributed by atoms with Crippen LogP contribution in [0.15, 0.2) is 0 Å². The molecule has 1 rings (SSSR count). The van der Waals surface area contributed by atoms with Crippen molar-refractivity contribution < 1.29 is 0 Å². The van der Waals surface area contributed by atoms with Crippen LogP contribution in [0, 0.1) is 5.92 Å². The molecule has 0 radical (unpaired) electrons. The Kier molecular flexibility index (Phi) is 7.06. The van der Waals surface area contributed by atoms with E-state index in [1.165, 1.54) is 51.4 Å². The summed E-state index contributed by atoms with van der Waals surface area (Å²) < 4.78 is 0. The van der Waals surface area contributed by atoms with Crippen LogP contribution >= 0.6 is 0 Å². The summed E-state index contributed by atoms with van der Waals surface area (Å²) in [7, 11) is 0. The molecule has 0 aromatic rings. The second kappa shape index (κ2) is 8.08. The van der Waals surface area contributed by atoms with Crippen molar-refractivity contribution in [3.8, 4) is 0 Å². The van der Waals surface area contributed by atoms with Crippen molar-refractivity contribution in [3.05, 3.63) is 0 Å². The number of nitrogens with two attached hydrogens (primary N) is 1. The highest BCUT2D eigenvalue weighted by Gasteiger charge is 2.19. The predicted octanol–water partition coefficient (Wildman–Crippen LogP) is 3.06. The van der Waals surface area contributed by atoms with Gasteiger partial charge in [-0.05, 0) is 25.2 Å². The van der Waals surface area contributed by atoms with Gasteiger partial charge in [0.15, 0.2) is 0 Å². The average Bonchev–Trinajstić information content (AvgIpc) is 2.54. The molecule has 2 heteroatoms. The second-order valence-electron chi connectivity index (χ2n) is 5.46. The van der Waals surface area contributed by atoms with Gasteiger partial charge in [-0.2, -0.15) is 0 Å². The number of hydrogen-bond donors (Lipinski definition) is 2. The fraction of sp³-hybridized carbons (Fsp3) is 1.00. The Labute approximate surface area is 101 Å². The predicted molar refractivity (Wildman–Crippen MR) is 71.5 cm³/mol. The fourth-order valence-corrected chi connectivity index (χ4v) is 2.87. The van der Waals surface area contributed by atoms with Crippen LogP contribution in [0.5, 0.6) is 0 Å². The van der Waals surface area contributed by atoms with Gasteiger partial charge in [0, 0.05) is 18.6 Å². The normalized spacial score (nSPS) is 22.7. The van der Waals surface area contributed by atoms with Gasteiger partial charge in [0.2, 0.25) is 0 Å². The largest absolute Gasteiger partial charge is 0.329 e. The average molecular weight is 226 g/mol. The summed E-state index contributed by atoms with van der Waals surface area (Å²) in [6.07, 6.45) is 10.9. The van der Waals surface area contributed by atoms with Gasteiger partial charge in [-0.1, -0.05) is 46.0 Å². The molecule has 0 saturated heterocycles. The highest BCUT2D eigenvalue weighted by Crippen LogP contribution is 2.19. The Morgan fingerprint density at radius 1 is 1.19 bits per heavy atom. The molecule has 1 saturated carbocycles. The third kappa shape index (κ3) is 4.84. The van der Waals surface area contributed by atoms with Crippen LogP contribution in [-0.2, 0) is 0 Å². The van der Waals surface area contributed by atoms with E-state index in [4.69, 9.17) is 5.73 Å². The first-order valence-electron chi connectivity index (χ1n) is 7.24. The standard InChI is InChI=1S/C14H30N2/c1-3-8-12(2)14(11-15)16-13-9-6-4-5-7-10-13/h12-14,16H,3-11,15H2,1-2H3. The minimum Gasteiger partial charge on any atom is -0.329 e. The molecule has 96 valence electrons. The molecule has 0 spiro atoms. The fourth-order valence-electron chi connectivity index (χ4n) is 2.87. The van der Waals surface area contributed by atoms with Crippen LogP contribution in [0.4, 0.5) is 0 Å². The van der Waals surface area contributed by atoms with Gasteiger partial charge in [-0.25, -0.2) is 0 Å². The molecule has 0 aliphatic heterocycles. The minimum absolute atomic E-state index is 0.531. The smallest absolute Gasteiger partial charge is 0.0218 e. The molecule has 3 N–H and O–H groups in total. The summed E-state index contributed by atoms with van der Waals surface area (Å²) in [4.78, 5) is 0. The van der Waals surface area contributed by atoms with Crippen molar-refractivity contribution in [1.82, 2.24) is 5.32 Å². The van der Waals surface area contributed by atoms with Gasteiger partial charge in [0.05, 0.1) is 0 Å². The van der Waals surface area contributed by atoms with Crippen molar-refractivity contribution in [2.45, 2.75) is 77.3 Å². The summed E-state index contributed by atoms with van der Waals surface area (Å²) in [6, 6.07) is 1.26. The summed E-state index contributed by atoms with van der Waals surface area (Å²) in [5.41, 5.74) is 5.90.